The molecule has 90 valence electrons. The van der Waals surface area contributed by atoms with Crippen LogP contribution >= 0.6 is 0 Å². The average Bonchev–Trinajstić information content (AvgIpc) is 2.64. The van der Waals surface area contributed by atoms with Gasteiger partial charge in [0.25, 0.3) is 0 Å². The molecule has 1 N–H and O–H groups in total. The second-order valence-electron chi connectivity index (χ2n) is 5.12. The number of hydrogen-bond donors (Lipinski definition) is 1. The van der Waals surface area contributed by atoms with Crippen LogP contribution in [0.3, 0.4) is 0 Å². The minimum absolute atomic E-state index is 0.415. The van der Waals surface area contributed by atoms with Crippen LogP contribution < -0.4 is 5.32 Å². The number of likely N-dealkylation sites (N-methyl/N-ethyl adjacent to an activating group) is 1. The highest BCUT2D eigenvalue weighted by atomic mass is 16.5. The zero-order valence-electron chi connectivity index (χ0n) is 10.8. The van der Waals surface area contributed by atoms with Gasteiger partial charge in [0.15, 0.2) is 0 Å². The second kappa shape index (κ2) is 5.83. The van der Waals surface area contributed by atoms with E-state index in [9.17, 15) is 0 Å². The molecule has 0 spiro atoms. The van der Waals surface area contributed by atoms with Gasteiger partial charge in [0.05, 0.1) is 6.10 Å². The molecule has 0 aromatic heterocycles. The van der Waals surface area contributed by atoms with Gasteiger partial charge in [-0.2, -0.15) is 0 Å². The smallest absolute Gasteiger partial charge is 0.0711 e. The predicted molar refractivity (Wildman–Crippen MR) is 64.1 cm³/mol. The fourth-order valence-corrected chi connectivity index (χ4v) is 2.12. The first-order chi connectivity index (χ1) is 7.04. The van der Waals surface area contributed by atoms with Crippen LogP contribution in [0.15, 0.2) is 0 Å². The van der Waals surface area contributed by atoms with Crippen molar-refractivity contribution < 1.29 is 4.74 Å². The Morgan fingerprint density at radius 2 is 2.07 bits per heavy atom. The molecule has 1 aliphatic heterocycles. The second-order valence-corrected chi connectivity index (χ2v) is 5.12. The Hall–Kier alpha value is -0.120. The first-order valence-corrected chi connectivity index (χ1v) is 6.01. The molecule has 1 aliphatic rings. The third kappa shape index (κ3) is 3.74. The molecule has 0 aromatic carbocycles. The van der Waals surface area contributed by atoms with Gasteiger partial charge in [0, 0.05) is 32.3 Å². The van der Waals surface area contributed by atoms with E-state index in [4.69, 9.17) is 4.74 Å². The summed E-state index contributed by atoms with van der Waals surface area (Å²) in [5.74, 6) is 0.717. The van der Waals surface area contributed by atoms with Gasteiger partial charge in [-0.15, -0.1) is 0 Å². The predicted octanol–water partition coefficient (Wildman–Crippen LogP) is 1.34. The van der Waals surface area contributed by atoms with Crippen molar-refractivity contribution in [2.45, 2.75) is 45.4 Å². The lowest BCUT2D eigenvalue weighted by molar-refractivity contribution is 0.114. The molecule has 1 heterocycles. The van der Waals surface area contributed by atoms with Crippen molar-refractivity contribution in [1.29, 1.82) is 0 Å². The largest absolute Gasteiger partial charge is 0.380 e. The van der Waals surface area contributed by atoms with E-state index in [0.29, 0.717) is 18.2 Å². The number of rotatable bonds is 5. The van der Waals surface area contributed by atoms with Gasteiger partial charge in [-0.25, -0.2) is 0 Å². The van der Waals surface area contributed by atoms with Crippen LogP contribution in [0, 0.1) is 5.92 Å². The summed E-state index contributed by atoms with van der Waals surface area (Å²) in [6.45, 7) is 8.99. The third-order valence-corrected chi connectivity index (χ3v) is 3.68. The van der Waals surface area contributed by atoms with Gasteiger partial charge in [0.1, 0.15) is 0 Å². The SMILES string of the molecule is COC1CNC(CN(C)C(C)C(C)C)C1. The Morgan fingerprint density at radius 1 is 1.40 bits per heavy atom. The molecular formula is C12H26N2O. The minimum atomic E-state index is 0.415. The van der Waals surface area contributed by atoms with Crippen molar-refractivity contribution in [2.75, 3.05) is 27.2 Å². The van der Waals surface area contributed by atoms with E-state index in [1.807, 2.05) is 0 Å². The van der Waals surface area contributed by atoms with E-state index >= 15 is 0 Å². The molecule has 3 nitrogen and oxygen atoms in total. The molecule has 0 amide bonds. The molecule has 3 atom stereocenters. The van der Waals surface area contributed by atoms with E-state index in [-0.39, 0.29) is 0 Å². The van der Waals surface area contributed by atoms with Crippen LogP contribution in [0.2, 0.25) is 0 Å². The maximum absolute atomic E-state index is 5.35. The summed E-state index contributed by atoms with van der Waals surface area (Å²) in [6, 6.07) is 1.24. The van der Waals surface area contributed by atoms with E-state index in [2.05, 4.69) is 38.0 Å². The summed E-state index contributed by atoms with van der Waals surface area (Å²) >= 11 is 0. The normalized spacial score (nSPS) is 29.0. The molecule has 1 fully saturated rings. The summed E-state index contributed by atoms with van der Waals surface area (Å²) in [4.78, 5) is 2.44. The zero-order valence-corrected chi connectivity index (χ0v) is 10.8. The Kier molecular flexibility index (Phi) is 5.03. The summed E-state index contributed by atoms with van der Waals surface area (Å²) in [5.41, 5.74) is 0. The fraction of sp³-hybridized carbons (Fsp3) is 1.00. The Labute approximate surface area is 94.2 Å². The van der Waals surface area contributed by atoms with Crippen molar-refractivity contribution in [1.82, 2.24) is 10.2 Å². The van der Waals surface area contributed by atoms with Crippen LogP contribution in [0.5, 0.6) is 0 Å². The van der Waals surface area contributed by atoms with Crippen molar-refractivity contribution in [2.24, 2.45) is 5.92 Å². The van der Waals surface area contributed by atoms with Crippen LogP contribution in [-0.4, -0.2) is 50.3 Å². The standard InChI is InChI=1S/C12H26N2O/c1-9(2)10(3)14(4)8-11-6-12(15-5)7-13-11/h9-13H,6-8H2,1-5H3. The molecule has 0 radical (unpaired) electrons. The maximum Gasteiger partial charge on any atom is 0.0711 e. The van der Waals surface area contributed by atoms with Crippen LogP contribution in [0.4, 0.5) is 0 Å². The number of nitrogens with zero attached hydrogens (tertiary/aromatic N) is 1. The third-order valence-electron chi connectivity index (χ3n) is 3.68. The van der Waals surface area contributed by atoms with Crippen molar-refractivity contribution in [3.05, 3.63) is 0 Å². The minimum Gasteiger partial charge on any atom is -0.380 e. The van der Waals surface area contributed by atoms with Crippen molar-refractivity contribution in [3.8, 4) is 0 Å². The average molecular weight is 214 g/mol. The molecular weight excluding hydrogens is 188 g/mol. The van der Waals surface area contributed by atoms with Crippen LogP contribution in [0.25, 0.3) is 0 Å². The fourth-order valence-electron chi connectivity index (χ4n) is 2.12. The molecule has 0 saturated carbocycles. The zero-order chi connectivity index (χ0) is 11.4. The highest BCUT2D eigenvalue weighted by Crippen LogP contribution is 2.14. The topological polar surface area (TPSA) is 24.5 Å². The number of ether oxygens (including phenoxy) is 1. The lowest BCUT2D eigenvalue weighted by atomic mass is 10.0. The van der Waals surface area contributed by atoms with Gasteiger partial charge in [0.2, 0.25) is 0 Å². The van der Waals surface area contributed by atoms with Gasteiger partial charge in [-0.3, -0.25) is 0 Å². The number of methoxy groups -OCH3 is 1. The Balaban J connectivity index is 2.30. The maximum atomic E-state index is 5.35. The Morgan fingerprint density at radius 3 is 2.53 bits per heavy atom. The molecule has 3 heteroatoms. The monoisotopic (exact) mass is 214 g/mol. The number of hydrogen-bond acceptors (Lipinski definition) is 3. The van der Waals surface area contributed by atoms with E-state index in [1.54, 1.807) is 7.11 Å². The van der Waals surface area contributed by atoms with Gasteiger partial charge >= 0.3 is 0 Å². The molecule has 3 unspecified atom stereocenters. The molecule has 1 saturated heterocycles. The summed E-state index contributed by atoms with van der Waals surface area (Å²) in [5, 5.41) is 3.52. The van der Waals surface area contributed by atoms with Gasteiger partial charge < -0.3 is 15.0 Å². The van der Waals surface area contributed by atoms with Crippen LogP contribution in [0.1, 0.15) is 27.2 Å². The molecule has 15 heavy (non-hydrogen) atoms. The van der Waals surface area contributed by atoms with Crippen molar-refractivity contribution in [3.63, 3.8) is 0 Å². The van der Waals surface area contributed by atoms with Crippen LogP contribution in [-0.2, 0) is 4.74 Å². The van der Waals surface area contributed by atoms with Gasteiger partial charge in [-0.1, -0.05) is 13.8 Å². The highest BCUT2D eigenvalue weighted by Gasteiger charge is 2.26. The van der Waals surface area contributed by atoms with Gasteiger partial charge in [-0.05, 0) is 26.3 Å². The first-order valence-electron chi connectivity index (χ1n) is 6.01. The summed E-state index contributed by atoms with van der Waals surface area (Å²) in [6.07, 6.45) is 1.56. The van der Waals surface area contributed by atoms with E-state index in [0.717, 1.165) is 25.4 Å². The molecule has 0 aromatic rings. The molecule has 0 aliphatic carbocycles. The lowest BCUT2D eigenvalue weighted by Crippen LogP contribution is -2.41. The first kappa shape index (κ1) is 12.9. The lowest BCUT2D eigenvalue weighted by Gasteiger charge is -2.30. The summed E-state index contributed by atoms with van der Waals surface area (Å²) < 4.78 is 5.35. The highest BCUT2D eigenvalue weighted by molar-refractivity contribution is 4.85. The summed E-state index contributed by atoms with van der Waals surface area (Å²) in [7, 11) is 4.02. The Bertz CT molecular complexity index is 184. The quantitative estimate of drug-likeness (QED) is 0.747. The van der Waals surface area contributed by atoms with E-state index < -0.39 is 0 Å². The van der Waals surface area contributed by atoms with E-state index in [1.165, 1.54) is 0 Å². The molecule has 1 rings (SSSR count). The van der Waals surface area contributed by atoms with Crippen molar-refractivity contribution >= 4 is 0 Å². The number of nitrogens with one attached hydrogen (secondary N) is 1. The molecule has 0 bridgehead atoms.